The van der Waals surface area contributed by atoms with Gasteiger partial charge in [-0.1, -0.05) is 12.1 Å². The predicted octanol–water partition coefficient (Wildman–Crippen LogP) is 1.88. The molecule has 114 valence electrons. The smallest absolute Gasteiger partial charge is 0.252 e. The van der Waals surface area contributed by atoms with Gasteiger partial charge in [0.25, 0.3) is 10.0 Å². The molecule has 2 rings (SSSR count). The molecule has 0 atom stereocenters. The number of anilines is 1. The largest absolute Gasteiger partial charge is 0.325 e. The second kappa shape index (κ2) is 6.70. The van der Waals surface area contributed by atoms with Crippen LogP contribution < -0.4 is 5.32 Å². The molecule has 1 aromatic carbocycles. The average Bonchev–Trinajstić information content (AvgIpc) is 3.02. The first kappa shape index (κ1) is 16.2. The summed E-state index contributed by atoms with van der Waals surface area (Å²) in [5, 5.41) is 13.0. The summed E-state index contributed by atoms with van der Waals surface area (Å²) in [4.78, 5) is 11.9. The molecule has 0 aliphatic heterocycles. The molecule has 0 fully saturated rings. The van der Waals surface area contributed by atoms with E-state index < -0.39 is 15.9 Å². The number of carbonyl (C=O) groups is 1. The van der Waals surface area contributed by atoms with Gasteiger partial charge < -0.3 is 5.32 Å². The zero-order chi connectivity index (χ0) is 16.2. The first-order valence-corrected chi connectivity index (χ1v) is 8.55. The van der Waals surface area contributed by atoms with Crippen molar-refractivity contribution < 1.29 is 13.2 Å². The minimum atomic E-state index is -3.66. The van der Waals surface area contributed by atoms with E-state index in [9.17, 15) is 13.2 Å². The number of likely N-dealkylation sites (N-methyl/N-ethyl adjacent to an activating group) is 1. The highest BCUT2D eigenvalue weighted by Gasteiger charge is 2.23. The van der Waals surface area contributed by atoms with Crippen LogP contribution >= 0.6 is 11.3 Å². The lowest BCUT2D eigenvalue weighted by Crippen LogP contribution is -2.34. The van der Waals surface area contributed by atoms with E-state index in [-0.39, 0.29) is 10.8 Å². The van der Waals surface area contributed by atoms with Gasteiger partial charge in [-0.25, -0.2) is 8.42 Å². The van der Waals surface area contributed by atoms with Crippen molar-refractivity contribution in [1.82, 2.24) is 4.31 Å². The lowest BCUT2D eigenvalue weighted by Gasteiger charge is -2.15. The number of hydrogen-bond donors (Lipinski definition) is 1. The molecule has 1 heterocycles. The van der Waals surface area contributed by atoms with Crippen LogP contribution in [0.3, 0.4) is 0 Å². The molecule has 0 aliphatic rings. The maximum absolute atomic E-state index is 12.2. The molecule has 22 heavy (non-hydrogen) atoms. The fraction of sp³-hybridized carbons (Fsp3) is 0.143. The maximum Gasteiger partial charge on any atom is 0.252 e. The van der Waals surface area contributed by atoms with Crippen LogP contribution in [0.25, 0.3) is 0 Å². The highest BCUT2D eigenvalue weighted by molar-refractivity contribution is 7.91. The number of nitrogens with one attached hydrogen (secondary N) is 1. The summed E-state index contributed by atoms with van der Waals surface area (Å²) in [5.74, 6) is -0.474. The van der Waals surface area contributed by atoms with Gasteiger partial charge in [0.2, 0.25) is 5.91 Å². The van der Waals surface area contributed by atoms with E-state index in [4.69, 9.17) is 5.26 Å². The van der Waals surface area contributed by atoms with E-state index in [1.54, 1.807) is 29.6 Å². The van der Waals surface area contributed by atoms with Gasteiger partial charge in [0, 0.05) is 12.7 Å². The highest BCUT2D eigenvalue weighted by atomic mass is 32.2. The fourth-order valence-electron chi connectivity index (χ4n) is 1.72. The zero-order valence-corrected chi connectivity index (χ0v) is 13.3. The Balaban J connectivity index is 2.04. The van der Waals surface area contributed by atoms with Crippen LogP contribution in [0.4, 0.5) is 5.69 Å². The molecule has 0 spiro atoms. The van der Waals surface area contributed by atoms with Crippen molar-refractivity contribution in [2.45, 2.75) is 4.21 Å². The predicted molar refractivity (Wildman–Crippen MR) is 83.9 cm³/mol. The van der Waals surface area contributed by atoms with Gasteiger partial charge in [-0.05, 0) is 29.6 Å². The van der Waals surface area contributed by atoms with Crippen LogP contribution in [-0.4, -0.2) is 32.2 Å². The number of benzene rings is 1. The molecule has 1 N–H and O–H groups in total. The molecular formula is C14H13N3O3S2. The zero-order valence-electron chi connectivity index (χ0n) is 11.7. The number of rotatable bonds is 5. The van der Waals surface area contributed by atoms with Crippen LogP contribution in [0.2, 0.25) is 0 Å². The number of nitriles is 1. The molecular weight excluding hydrogens is 322 g/mol. The standard InChI is InChI=1S/C14H13N3O3S2/c1-17(22(19,20)14-6-3-7-21-14)10-13(18)16-12-5-2-4-11(8-12)9-15/h2-8H,10H2,1H3,(H,16,18). The Morgan fingerprint density at radius 2 is 2.14 bits per heavy atom. The topological polar surface area (TPSA) is 90.3 Å². The number of amides is 1. The molecule has 0 saturated heterocycles. The van der Waals surface area contributed by atoms with Gasteiger partial charge in [0.15, 0.2) is 0 Å². The summed E-state index contributed by atoms with van der Waals surface area (Å²) in [5.41, 5.74) is 0.864. The van der Waals surface area contributed by atoms with E-state index in [2.05, 4.69) is 5.32 Å². The Bertz CT molecular complexity index is 808. The summed E-state index contributed by atoms with van der Waals surface area (Å²) >= 11 is 1.10. The van der Waals surface area contributed by atoms with Crippen LogP contribution in [0.1, 0.15) is 5.56 Å². The first-order chi connectivity index (χ1) is 10.4. The highest BCUT2D eigenvalue weighted by Crippen LogP contribution is 2.19. The number of hydrogen-bond acceptors (Lipinski definition) is 5. The van der Waals surface area contributed by atoms with E-state index in [0.717, 1.165) is 15.6 Å². The molecule has 1 aromatic heterocycles. The van der Waals surface area contributed by atoms with Crippen LogP contribution in [0.15, 0.2) is 46.0 Å². The number of thiophene rings is 1. The summed E-state index contributed by atoms with van der Waals surface area (Å²) in [6, 6.07) is 11.5. The second-order valence-electron chi connectivity index (χ2n) is 4.43. The Labute approximate surface area is 132 Å². The minimum absolute atomic E-state index is 0.189. The van der Waals surface area contributed by atoms with Gasteiger partial charge in [-0.3, -0.25) is 4.79 Å². The first-order valence-electron chi connectivity index (χ1n) is 6.23. The molecule has 0 bridgehead atoms. The Morgan fingerprint density at radius 3 is 2.77 bits per heavy atom. The monoisotopic (exact) mass is 335 g/mol. The van der Waals surface area contributed by atoms with Crippen molar-refractivity contribution >= 4 is 33.0 Å². The van der Waals surface area contributed by atoms with Crippen molar-refractivity contribution in [1.29, 1.82) is 5.26 Å². The minimum Gasteiger partial charge on any atom is -0.325 e. The van der Waals surface area contributed by atoms with E-state index in [1.165, 1.54) is 19.2 Å². The summed E-state index contributed by atoms with van der Waals surface area (Å²) < 4.78 is 25.6. The molecule has 0 unspecified atom stereocenters. The lowest BCUT2D eigenvalue weighted by molar-refractivity contribution is -0.116. The maximum atomic E-state index is 12.2. The van der Waals surface area contributed by atoms with Gasteiger partial charge >= 0.3 is 0 Å². The normalized spacial score (nSPS) is 11.1. The molecule has 8 heteroatoms. The van der Waals surface area contributed by atoms with Crippen LogP contribution in [0, 0.1) is 11.3 Å². The van der Waals surface area contributed by atoms with Crippen molar-refractivity contribution in [3.63, 3.8) is 0 Å². The Hall–Kier alpha value is -2.21. The molecule has 2 aromatic rings. The summed E-state index contributed by atoms with van der Waals surface area (Å²) in [6.07, 6.45) is 0. The fourth-order valence-corrected chi connectivity index (χ4v) is 4.05. The van der Waals surface area contributed by atoms with Crippen LogP contribution in [-0.2, 0) is 14.8 Å². The van der Waals surface area contributed by atoms with Crippen molar-refractivity contribution in [3.05, 3.63) is 47.3 Å². The van der Waals surface area contributed by atoms with Crippen molar-refractivity contribution in [2.75, 3.05) is 18.9 Å². The number of carbonyl (C=O) groups excluding carboxylic acids is 1. The molecule has 0 saturated carbocycles. The number of sulfonamides is 1. The third kappa shape index (κ3) is 3.71. The van der Waals surface area contributed by atoms with Crippen LogP contribution in [0.5, 0.6) is 0 Å². The lowest BCUT2D eigenvalue weighted by atomic mass is 10.2. The van der Waals surface area contributed by atoms with Crippen molar-refractivity contribution in [2.24, 2.45) is 0 Å². The SMILES string of the molecule is CN(CC(=O)Nc1cccc(C#N)c1)S(=O)(=O)c1cccs1. The van der Waals surface area contributed by atoms with Crippen molar-refractivity contribution in [3.8, 4) is 6.07 Å². The molecule has 6 nitrogen and oxygen atoms in total. The van der Waals surface area contributed by atoms with E-state index >= 15 is 0 Å². The third-order valence-corrected chi connectivity index (χ3v) is 5.98. The number of nitrogens with zero attached hydrogens (tertiary/aromatic N) is 2. The second-order valence-corrected chi connectivity index (χ2v) is 7.65. The molecule has 0 radical (unpaired) electrons. The average molecular weight is 335 g/mol. The van der Waals surface area contributed by atoms with Gasteiger partial charge in [-0.15, -0.1) is 11.3 Å². The quantitative estimate of drug-likeness (QED) is 0.903. The molecule has 0 aliphatic carbocycles. The summed E-state index contributed by atoms with van der Waals surface area (Å²) in [6.45, 7) is -0.309. The molecule has 1 amide bonds. The van der Waals surface area contributed by atoms with Gasteiger partial charge in [0.05, 0.1) is 18.2 Å². The van der Waals surface area contributed by atoms with E-state index in [1.807, 2.05) is 6.07 Å². The summed E-state index contributed by atoms with van der Waals surface area (Å²) in [7, 11) is -2.31. The van der Waals surface area contributed by atoms with Gasteiger partial charge in [-0.2, -0.15) is 9.57 Å². The van der Waals surface area contributed by atoms with Gasteiger partial charge in [0.1, 0.15) is 4.21 Å². The Kier molecular flexibility index (Phi) is 4.92. The Morgan fingerprint density at radius 1 is 1.36 bits per heavy atom. The van der Waals surface area contributed by atoms with E-state index in [0.29, 0.717) is 11.3 Å². The third-order valence-electron chi connectivity index (χ3n) is 2.80.